The van der Waals surface area contributed by atoms with Gasteiger partial charge in [0.25, 0.3) is 0 Å². The molecular weight excluding hydrogens is 741 g/mol. The molecule has 59 heavy (non-hydrogen) atoms. The summed E-state index contributed by atoms with van der Waals surface area (Å²) in [5.74, 6) is -3.00. The summed E-state index contributed by atoms with van der Waals surface area (Å²) in [6.07, 6.45) is 0. The molecule has 6 N–H and O–H groups in total. The summed E-state index contributed by atoms with van der Waals surface area (Å²) in [6.45, 7) is 0. The number of fused-ring (bicyclic) bond motifs is 10. The fraction of sp³-hybridized carbons (Fsp3) is 0. The number of benzene rings is 7. The average molecular weight is 764 g/mol. The number of aromatic nitrogens is 4. The van der Waals surface area contributed by atoms with E-state index in [4.69, 9.17) is 42.9 Å². The van der Waals surface area contributed by atoms with Crippen LogP contribution in [0.5, 0.6) is 34.5 Å². The van der Waals surface area contributed by atoms with Gasteiger partial charge in [-0.05, 0) is 23.3 Å². The Morgan fingerprint density at radius 1 is 0.407 bits per heavy atom. The van der Waals surface area contributed by atoms with Crippen LogP contribution in [0.2, 0.25) is 0 Å². The molecule has 0 aliphatic heterocycles. The largest absolute Gasteiger partial charge is 0.508 e. The van der Waals surface area contributed by atoms with E-state index in [9.17, 15) is 30.6 Å². The number of nitrogens with zero attached hydrogens (tertiary/aromatic N) is 4. The molecule has 0 saturated heterocycles. The van der Waals surface area contributed by atoms with Crippen LogP contribution in [0.3, 0.4) is 0 Å². The summed E-state index contributed by atoms with van der Waals surface area (Å²) in [6, 6.07) is 32.2. The lowest BCUT2D eigenvalue weighted by Crippen LogP contribution is -2.39. The van der Waals surface area contributed by atoms with Crippen molar-refractivity contribution < 1.29 is 35.1 Å². The fourth-order valence-corrected chi connectivity index (χ4v) is 8.44. The number of phenols is 6. The molecule has 0 amide bonds. The van der Waals surface area contributed by atoms with Gasteiger partial charge < -0.3 is 39.5 Å². The zero-order valence-electron chi connectivity index (χ0n) is 30.4. The molecule has 4 heterocycles. The first-order valence-corrected chi connectivity index (χ1v) is 18.3. The SMILES string of the molecule is [B]c1c([B])c([B])c2c(c1O)c1c(O)c3c(oc4cccc(-c5cccc(-c6nc(-c7ccccc7)nc(-c7ccccc7)n6)c5)c43)c3c4c(O)c(O)c(O)c(O)c4n2c13. The quantitative estimate of drug-likeness (QED) is 0.0687. The van der Waals surface area contributed by atoms with E-state index < -0.39 is 28.7 Å². The molecule has 0 saturated carbocycles. The summed E-state index contributed by atoms with van der Waals surface area (Å²) in [5.41, 5.74) is 3.46. The predicted octanol–water partition coefficient (Wildman–Crippen LogP) is 6.20. The van der Waals surface area contributed by atoms with Crippen LogP contribution < -0.4 is 16.4 Å². The molecule has 0 spiro atoms. The third-order valence-electron chi connectivity index (χ3n) is 11.1. The molecule has 0 aliphatic carbocycles. The van der Waals surface area contributed by atoms with Crippen LogP contribution in [-0.4, -0.2) is 73.5 Å². The summed E-state index contributed by atoms with van der Waals surface area (Å²) in [5, 5.41) is 69.0. The first-order chi connectivity index (χ1) is 28.5. The van der Waals surface area contributed by atoms with Gasteiger partial charge >= 0.3 is 0 Å². The Hall–Kier alpha value is -7.86. The van der Waals surface area contributed by atoms with Crippen molar-refractivity contribution in [2.75, 3.05) is 0 Å². The minimum Gasteiger partial charge on any atom is -0.508 e. The Morgan fingerprint density at radius 2 is 0.949 bits per heavy atom. The van der Waals surface area contributed by atoms with Gasteiger partial charge in [0, 0.05) is 22.1 Å². The molecule has 11 rings (SSSR count). The smallest absolute Gasteiger partial charge is 0.206 e. The van der Waals surface area contributed by atoms with Crippen molar-refractivity contribution in [3.63, 3.8) is 0 Å². The van der Waals surface area contributed by atoms with Crippen LogP contribution in [0.15, 0.2) is 108 Å². The van der Waals surface area contributed by atoms with Crippen LogP contribution in [0.25, 0.3) is 105 Å². The van der Waals surface area contributed by atoms with Crippen molar-refractivity contribution >= 4 is 100.0 Å². The van der Waals surface area contributed by atoms with Gasteiger partial charge in [-0.3, -0.25) is 0 Å². The maximum absolute atomic E-state index is 12.5. The van der Waals surface area contributed by atoms with E-state index in [0.717, 1.165) is 11.1 Å². The van der Waals surface area contributed by atoms with Gasteiger partial charge in [-0.25, -0.2) is 15.0 Å². The van der Waals surface area contributed by atoms with E-state index in [2.05, 4.69) is 0 Å². The highest BCUT2D eigenvalue weighted by Gasteiger charge is 2.34. The molecular formula is C45H23B3N4O7. The topological polar surface area (TPSA) is 178 Å². The second kappa shape index (κ2) is 12.1. The van der Waals surface area contributed by atoms with Gasteiger partial charge in [0.15, 0.2) is 29.0 Å². The maximum atomic E-state index is 12.5. The van der Waals surface area contributed by atoms with Gasteiger partial charge in [-0.2, -0.15) is 0 Å². The highest BCUT2D eigenvalue weighted by molar-refractivity contribution is 6.62. The molecule has 11 nitrogen and oxygen atoms in total. The molecule has 14 heteroatoms. The zero-order chi connectivity index (χ0) is 40.6. The van der Waals surface area contributed by atoms with Crippen LogP contribution in [0.4, 0.5) is 0 Å². The lowest BCUT2D eigenvalue weighted by Gasteiger charge is -2.14. The van der Waals surface area contributed by atoms with Gasteiger partial charge in [0.05, 0.1) is 38.0 Å². The Kier molecular flexibility index (Phi) is 7.04. The van der Waals surface area contributed by atoms with E-state index in [-0.39, 0.29) is 71.2 Å². The number of rotatable bonds is 4. The van der Waals surface area contributed by atoms with Crippen molar-refractivity contribution in [2.45, 2.75) is 0 Å². The molecule has 0 bridgehead atoms. The van der Waals surface area contributed by atoms with Crippen molar-refractivity contribution in [3.05, 3.63) is 103 Å². The van der Waals surface area contributed by atoms with E-state index >= 15 is 0 Å². The molecule has 4 aromatic heterocycles. The summed E-state index contributed by atoms with van der Waals surface area (Å²) >= 11 is 0. The Bertz CT molecular complexity index is 3550. The average Bonchev–Trinajstić information content (AvgIpc) is 3.95. The lowest BCUT2D eigenvalue weighted by molar-refractivity contribution is 0.350. The molecule has 0 aliphatic rings. The fourth-order valence-electron chi connectivity index (χ4n) is 8.44. The number of hydrogen-bond acceptors (Lipinski definition) is 10. The summed E-state index contributed by atoms with van der Waals surface area (Å²) in [4.78, 5) is 14.6. The minimum absolute atomic E-state index is 0.00550. The molecule has 0 unspecified atom stereocenters. The van der Waals surface area contributed by atoms with Crippen LogP contribution in [0, 0.1) is 0 Å². The van der Waals surface area contributed by atoms with Crippen molar-refractivity contribution in [1.29, 1.82) is 0 Å². The highest BCUT2D eigenvalue weighted by Crippen LogP contribution is 2.58. The first-order valence-electron chi connectivity index (χ1n) is 18.3. The molecule has 274 valence electrons. The summed E-state index contributed by atoms with van der Waals surface area (Å²) < 4.78 is 7.88. The van der Waals surface area contributed by atoms with E-state index in [1.54, 1.807) is 12.1 Å². The lowest BCUT2D eigenvalue weighted by atomic mass is 9.70. The van der Waals surface area contributed by atoms with Gasteiger partial charge in [0.2, 0.25) is 11.5 Å². The minimum atomic E-state index is -1.01. The number of hydrogen-bond donors (Lipinski definition) is 6. The Labute approximate surface area is 336 Å². The highest BCUT2D eigenvalue weighted by atomic mass is 16.3. The van der Waals surface area contributed by atoms with E-state index in [1.165, 1.54) is 4.40 Å². The van der Waals surface area contributed by atoms with Gasteiger partial charge in [-0.1, -0.05) is 102 Å². The standard InChI is InChI=1S/C45H23B3N4O7/c46-30-31(47)34-26(37(54)32(30)48)25-33-28(27-35(52(33)34)39(56)41(58)40(57)38(27)55)42-29(36(25)53)24-22(15-8-16-23(24)59-42)20-13-7-14-21(17-20)45-50-43(18-9-3-1-4-10-18)49-44(51-45)19-11-5-2-6-12-19/h1-17,53-58H. The van der Waals surface area contributed by atoms with Crippen molar-refractivity contribution in [1.82, 2.24) is 19.4 Å². The van der Waals surface area contributed by atoms with Gasteiger partial charge in [0.1, 0.15) is 51.7 Å². The molecule has 0 atom stereocenters. The predicted molar refractivity (Wildman–Crippen MR) is 230 cm³/mol. The maximum Gasteiger partial charge on any atom is 0.206 e. The number of phenolic OH excluding ortho intramolecular Hbond substituents is 6. The number of aromatic hydroxyl groups is 6. The third kappa shape index (κ3) is 4.53. The zero-order valence-corrected chi connectivity index (χ0v) is 30.4. The van der Waals surface area contributed by atoms with E-state index in [1.807, 2.05) is 91.0 Å². The van der Waals surface area contributed by atoms with E-state index in [0.29, 0.717) is 45.1 Å². The molecule has 11 aromatic rings. The normalized spacial score (nSPS) is 12.0. The monoisotopic (exact) mass is 764 g/mol. The van der Waals surface area contributed by atoms with Crippen LogP contribution in [0.1, 0.15) is 0 Å². The molecule has 6 radical (unpaired) electrons. The number of furan rings is 1. The third-order valence-corrected chi connectivity index (χ3v) is 11.1. The van der Waals surface area contributed by atoms with Gasteiger partial charge in [-0.15, -0.1) is 5.46 Å². The first kappa shape index (κ1) is 34.4. The van der Waals surface area contributed by atoms with Crippen LogP contribution in [-0.2, 0) is 0 Å². The Balaban J connectivity index is 1.24. The second-order valence-corrected chi connectivity index (χ2v) is 14.3. The molecule has 7 aromatic carbocycles. The Morgan fingerprint density at radius 3 is 1.61 bits per heavy atom. The van der Waals surface area contributed by atoms with Crippen LogP contribution >= 0.6 is 0 Å². The molecule has 0 fully saturated rings. The van der Waals surface area contributed by atoms with Crippen molar-refractivity contribution in [3.8, 4) is 79.8 Å². The summed E-state index contributed by atoms with van der Waals surface area (Å²) in [7, 11) is 19.0. The van der Waals surface area contributed by atoms with Crippen molar-refractivity contribution in [2.24, 2.45) is 0 Å². The second-order valence-electron chi connectivity index (χ2n) is 14.3.